The number of carbonyl (C=O) groups is 2. The zero-order chi connectivity index (χ0) is 19.0. The Balaban J connectivity index is 2.35. The van der Waals surface area contributed by atoms with Crippen molar-refractivity contribution in [3.8, 4) is 0 Å². The molecule has 2 heterocycles. The third kappa shape index (κ3) is 4.06. The second-order valence-corrected chi connectivity index (χ2v) is 6.54. The minimum Gasteiger partial charge on any atom is -0.477 e. The van der Waals surface area contributed by atoms with Crippen LogP contribution in [0.4, 0.5) is 0 Å². The molecule has 2 aliphatic rings. The maximum absolute atomic E-state index is 11.4. The lowest BCUT2D eigenvalue weighted by atomic mass is 9.92. The van der Waals surface area contributed by atoms with Gasteiger partial charge in [0.15, 0.2) is 0 Å². The maximum atomic E-state index is 11.4. The van der Waals surface area contributed by atoms with Gasteiger partial charge in [0.25, 0.3) is 5.79 Å². The first-order chi connectivity index (χ1) is 11.5. The average Bonchev–Trinajstić information content (AvgIpc) is 2.84. The van der Waals surface area contributed by atoms with Gasteiger partial charge in [-0.2, -0.15) is 8.42 Å². The Hall–Kier alpha value is -1.39. The molecule has 0 aromatic heterocycles. The molecule has 13 nitrogen and oxygen atoms in total. The summed E-state index contributed by atoms with van der Waals surface area (Å²) in [5, 5.41) is 39.7. The monoisotopic (exact) mass is 387 g/mol. The molecule has 6 N–H and O–H groups in total. The van der Waals surface area contributed by atoms with E-state index in [0.717, 1.165) is 0 Å². The Morgan fingerprint density at radius 1 is 1.32 bits per heavy atom. The van der Waals surface area contributed by atoms with Gasteiger partial charge in [-0.3, -0.25) is 9.35 Å². The van der Waals surface area contributed by atoms with Crippen molar-refractivity contribution in [3.05, 3.63) is 0 Å². The minimum atomic E-state index is -5.03. The van der Waals surface area contributed by atoms with Crippen molar-refractivity contribution in [2.45, 2.75) is 42.7 Å². The predicted octanol–water partition coefficient (Wildman–Crippen LogP) is -4.03. The zero-order valence-corrected chi connectivity index (χ0v) is 13.3. The van der Waals surface area contributed by atoms with Crippen molar-refractivity contribution in [2.24, 2.45) is 0 Å². The summed E-state index contributed by atoms with van der Waals surface area (Å²) >= 11 is 0. The number of aliphatic hydroxyl groups is 3. The normalized spacial score (nSPS) is 36.0. The molecular weight excluding hydrogens is 370 g/mol. The van der Waals surface area contributed by atoms with Crippen LogP contribution >= 0.6 is 0 Å². The van der Waals surface area contributed by atoms with Crippen LogP contribution in [-0.4, -0.2) is 94.7 Å². The quantitative estimate of drug-likeness (QED) is 0.231. The lowest BCUT2D eigenvalue weighted by Gasteiger charge is -2.37. The molecule has 2 saturated heterocycles. The van der Waals surface area contributed by atoms with Gasteiger partial charge in [-0.1, -0.05) is 0 Å². The molecule has 0 radical (unpaired) electrons. The minimum absolute atomic E-state index is 0.629. The number of carboxylic acids is 1. The van der Waals surface area contributed by atoms with Crippen molar-refractivity contribution in [1.29, 1.82) is 0 Å². The number of hydrogen-bond acceptors (Lipinski definition) is 10. The van der Waals surface area contributed by atoms with E-state index >= 15 is 0 Å². The summed E-state index contributed by atoms with van der Waals surface area (Å²) in [6.45, 7) is -1.95. The third-order valence-electron chi connectivity index (χ3n) is 3.81. The van der Waals surface area contributed by atoms with Gasteiger partial charge in [-0.25, -0.2) is 8.98 Å². The van der Waals surface area contributed by atoms with Gasteiger partial charge in [0.1, 0.15) is 24.9 Å². The Kier molecular flexibility index (Phi) is 5.65. The fraction of sp³-hybridized carbons (Fsp3) is 0.818. The van der Waals surface area contributed by atoms with Gasteiger partial charge in [0, 0.05) is 6.42 Å². The predicted molar refractivity (Wildman–Crippen MR) is 73.3 cm³/mol. The fourth-order valence-corrected chi connectivity index (χ4v) is 3.31. The van der Waals surface area contributed by atoms with Gasteiger partial charge in [-0.05, 0) is 0 Å². The lowest BCUT2D eigenvalue weighted by molar-refractivity contribution is -0.234. The molecule has 144 valence electrons. The van der Waals surface area contributed by atoms with E-state index in [1.54, 1.807) is 0 Å². The highest BCUT2D eigenvalue weighted by Crippen LogP contribution is 2.42. The van der Waals surface area contributed by atoms with Crippen molar-refractivity contribution in [3.63, 3.8) is 0 Å². The summed E-state index contributed by atoms with van der Waals surface area (Å²) in [6, 6.07) is -1.29. The molecule has 2 bridgehead atoms. The molecular formula is C11H17NO12S. The molecule has 0 aromatic rings. The first-order valence-electron chi connectivity index (χ1n) is 6.97. The molecule has 2 rings (SSSR count). The Labute approximate surface area is 141 Å². The number of nitrogens with one attached hydrogen (secondary N) is 1. The van der Waals surface area contributed by atoms with Crippen LogP contribution in [0.3, 0.4) is 0 Å². The summed E-state index contributed by atoms with van der Waals surface area (Å²) in [4.78, 5) is 22.8. The second kappa shape index (κ2) is 7.08. The fourth-order valence-electron chi connectivity index (χ4n) is 2.83. The summed E-state index contributed by atoms with van der Waals surface area (Å²) < 4.78 is 45.2. The largest absolute Gasteiger partial charge is 0.477 e. The van der Waals surface area contributed by atoms with Gasteiger partial charge >= 0.3 is 16.4 Å². The molecule has 0 unspecified atom stereocenters. The van der Waals surface area contributed by atoms with E-state index in [4.69, 9.17) is 19.1 Å². The van der Waals surface area contributed by atoms with Crippen LogP contribution in [0.15, 0.2) is 0 Å². The molecule has 14 heteroatoms. The summed E-state index contributed by atoms with van der Waals surface area (Å²) in [6.07, 6.45) is -6.92. The SMILES string of the molecule is O=C(CO)N[C@H]1[C@H]2O[C@@](C(=O)O)(C[C@@H]1O)O[C@H]2[C@@H](CO)OS(=O)(=O)O. The Bertz CT molecular complexity index is 637. The highest BCUT2D eigenvalue weighted by Gasteiger charge is 2.64. The molecule has 6 atom stereocenters. The van der Waals surface area contributed by atoms with Gasteiger partial charge in [0.2, 0.25) is 5.91 Å². The number of aliphatic hydroxyl groups excluding tert-OH is 3. The second-order valence-electron chi connectivity index (χ2n) is 5.49. The summed E-state index contributed by atoms with van der Waals surface area (Å²) in [5.41, 5.74) is 0. The van der Waals surface area contributed by atoms with E-state index in [-0.39, 0.29) is 0 Å². The number of amides is 1. The molecule has 0 spiro atoms. The van der Waals surface area contributed by atoms with Crippen molar-refractivity contribution >= 4 is 22.3 Å². The molecule has 0 saturated carbocycles. The van der Waals surface area contributed by atoms with Crippen molar-refractivity contribution < 1.29 is 56.6 Å². The molecule has 2 fully saturated rings. The number of hydrogen-bond donors (Lipinski definition) is 6. The van der Waals surface area contributed by atoms with Crippen LogP contribution < -0.4 is 5.32 Å². The van der Waals surface area contributed by atoms with Crippen LogP contribution in [0.25, 0.3) is 0 Å². The smallest absolute Gasteiger partial charge is 0.397 e. The number of carbonyl (C=O) groups excluding carboxylic acids is 1. The highest BCUT2D eigenvalue weighted by molar-refractivity contribution is 7.80. The topological polar surface area (TPSA) is 209 Å². The van der Waals surface area contributed by atoms with Crippen LogP contribution in [0.1, 0.15) is 6.42 Å². The van der Waals surface area contributed by atoms with E-state index in [1.165, 1.54) is 0 Å². The van der Waals surface area contributed by atoms with E-state index in [9.17, 15) is 33.3 Å². The molecule has 1 amide bonds. The number of rotatable bonds is 7. The van der Waals surface area contributed by atoms with Crippen LogP contribution in [-0.2, 0) is 33.6 Å². The summed E-state index contributed by atoms with van der Waals surface area (Å²) in [7, 11) is -5.03. The number of ether oxygens (including phenoxy) is 2. The maximum Gasteiger partial charge on any atom is 0.397 e. The molecule has 25 heavy (non-hydrogen) atoms. The van der Waals surface area contributed by atoms with E-state index < -0.39 is 78.2 Å². The van der Waals surface area contributed by atoms with Crippen molar-refractivity contribution in [1.82, 2.24) is 5.32 Å². The van der Waals surface area contributed by atoms with E-state index in [2.05, 4.69) is 9.50 Å². The van der Waals surface area contributed by atoms with Crippen LogP contribution in [0, 0.1) is 0 Å². The first-order valence-corrected chi connectivity index (χ1v) is 8.33. The summed E-state index contributed by atoms with van der Waals surface area (Å²) in [5.74, 6) is -4.91. The Morgan fingerprint density at radius 3 is 2.44 bits per heavy atom. The van der Waals surface area contributed by atoms with E-state index in [1.807, 2.05) is 0 Å². The van der Waals surface area contributed by atoms with Gasteiger partial charge in [-0.15, -0.1) is 0 Å². The lowest BCUT2D eigenvalue weighted by Crippen LogP contribution is -2.61. The van der Waals surface area contributed by atoms with Crippen LogP contribution in [0.5, 0.6) is 0 Å². The van der Waals surface area contributed by atoms with Gasteiger partial charge in [0.05, 0.1) is 18.8 Å². The van der Waals surface area contributed by atoms with E-state index in [0.29, 0.717) is 0 Å². The van der Waals surface area contributed by atoms with Crippen LogP contribution in [0.2, 0.25) is 0 Å². The molecule has 0 aromatic carbocycles. The number of carboxylic acid groups (broad SMARTS) is 1. The first kappa shape index (κ1) is 19.9. The highest BCUT2D eigenvalue weighted by atomic mass is 32.3. The average molecular weight is 387 g/mol. The Morgan fingerprint density at radius 2 is 1.96 bits per heavy atom. The number of fused-ring (bicyclic) bond motifs is 2. The zero-order valence-electron chi connectivity index (χ0n) is 12.5. The third-order valence-corrected chi connectivity index (χ3v) is 4.30. The molecule has 0 aliphatic carbocycles. The van der Waals surface area contributed by atoms with Crippen molar-refractivity contribution in [2.75, 3.05) is 13.2 Å². The molecule has 2 aliphatic heterocycles. The number of aliphatic carboxylic acids is 1. The standard InChI is InChI=1S/C11H17NO12S/c13-2-5(24-25(19,20)21)8-9-7(12-6(16)3-14)4(15)1-11(22-8,23-9)10(17)18/h4-5,7-9,13-15H,1-3H2,(H,12,16)(H,17,18)(H,19,20,21)/t4-,5+,7+,8-,9+,11+/m0/s1. The van der Waals surface area contributed by atoms with Gasteiger partial charge < -0.3 is 35.2 Å².